The molecule has 0 bridgehead atoms. The number of ether oxygens (including phenoxy) is 1. The van der Waals surface area contributed by atoms with Gasteiger partial charge in [-0.3, -0.25) is 9.69 Å². The molecule has 3 rings (SSSR count). The van der Waals surface area contributed by atoms with E-state index in [0.717, 1.165) is 56.8 Å². The van der Waals surface area contributed by atoms with Crippen molar-refractivity contribution >= 4 is 5.91 Å². The summed E-state index contributed by atoms with van der Waals surface area (Å²) in [5.74, 6) is 0.926. The number of para-hydroxylation sites is 1. The monoisotopic (exact) mass is 318 g/mol. The highest BCUT2D eigenvalue weighted by Crippen LogP contribution is 2.25. The summed E-state index contributed by atoms with van der Waals surface area (Å²) >= 11 is 0. The highest BCUT2D eigenvalue weighted by Gasteiger charge is 2.33. The summed E-state index contributed by atoms with van der Waals surface area (Å²) in [5.41, 5.74) is 0.939. The summed E-state index contributed by atoms with van der Waals surface area (Å²) < 4.78 is 5.32. The van der Waals surface area contributed by atoms with E-state index in [-0.39, 0.29) is 12.0 Å². The maximum Gasteiger partial charge on any atom is 0.227 e. The van der Waals surface area contributed by atoms with Crippen LogP contribution >= 0.6 is 0 Å². The minimum Gasteiger partial charge on any atom is -0.496 e. The number of piperazine rings is 1. The highest BCUT2D eigenvalue weighted by molar-refractivity contribution is 5.79. The Bertz CT molecular complexity index is 541. The lowest BCUT2D eigenvalue weighted by molar-refractivity contribution is -0.132. The van der Waals surface area contributed by atoms with Gasteiger partial charge in [0, 0.05) is 37.8 Å². The zero-order chi connectivity index (χ0) is 16.2. The molecule has 1 heterocycles. The highest BCUT2D eigenvalue weighted by atomic mass is 16.5. The number of hydrogen-bond donors (Lipinski definition) is 1. The maximum atomic E-state index is 12.5. The number of aliphatic hydroxyl groups is 1. The second kappa shape index (κ2) is 7.32. The average molecular weight is 318 g/mol. The molecule has 1 aromatic rings. The number of aliphatic hydroxyl groups excluding tert-OH is 1. The standard InChI is InChI=1S/C18H26N2O3/c1-23-17-8-3-2-5-14(17)13-18(22)20-11-9-19(10-12-20)15-6-4-7-16(15)21/h2-3,5,8,15-16,21H,4,6-7,9-13H2,1H3/t15-,16+/m0/s1. The van der Waals surface area contributed by atoms with Gasteiger partial charge in [0.1, 0.15) is 5.75 Å². The van der Waals surface area contributed by atoms with Gasteiger partial charge in [-0.1, -0.05) is 18.2 Å². The smallest absolute Gasteiger partial charge is 0.227 e. The summed E-state index contributed by atoms with van der Waals surface area (Å²) in [6.07, 6.45) is 3.30. The number of benzene rings is 1. The molecular weight excluding hydrogens is 292 g/mol. The van der Waals surface area contributed by atoms with Gasteiger partial charge in [0.15, 0.2) is 0 Å². The van der Waals surface area contributed by atoms with E-state index in [9.17, 15) is 9.90 Å². The van der Waals surface area contributed by atoms with E-state index in [1.54, 1.807) is 7.11 Å². The third-order valence-electron chi connectivity index (χ3n) is 5.11. The van der Waals surface area contributed by atoms with Crippen LogP contribution in [0, 0.1) is 0 Å². The van der Waals surface area contributed by atoms with Gasteiger partial charge in [-0.05, 0) is 25.3 Å². The number of methoxy groups -OCH3 is 1. The van der Waals surface area contributed by atoms with Crippen molar-refractivity contribution in [2.24, 2.45) is 0 Å². The van der Waals surface area contributed by atoms with Crippen molar-refractivity contribution in [3.63, 3.8) is 0 Å². The molecule has 1 aliphatic carbocycles. The predicted molar refractivity (Wildman–Crippen MR) is 88.5 cm³/mol. The molecule has 2 fully saturated rings. The quantitative estimate of drug-likeness (QED) is 0.909. The summed E-state index contributed by atoms with van der Waals surface area (Å²) in [7, 11) is 1.63. The summed E-state index contributed by atoms with van der Waals surface area (Å²) in [6.45, 7) is 3.22. The Hall–Kier alpha value is -1.59. The van der Waals surface area contributed by atoms with Gasteiger partial charge in [-0.25, -0.2) is 0 Å². The van der Waals surface area contributed by atoms with Crippen molar-refractivity contribution in [2.75, 3.05) is 33.3 Å². The third-order valence-corrected chi connectivity index (χ3v) is 5.11. The Labute approximate surface area is 137 Å². The molecule has 2 atom stereocenters. The Balaban J connectivity index is 1.54. The van der Waals surface area contributed by atoms with Gasteiger partial charge in [-0.2, -0.15) is 0 Å². The molecule has 1 saturated heterocycles. The van der Waals surface area contributed by atoms with Crippen LogP contribution in [0.2, 0.25) is 0 Å². The number of carbonyl (C=O) groups is 1. The molecule has 1 N–H and O–H groups in total. The van der Waals surface area contributed by atoms with Crippen molar-refractivity contribution in [3.8, 4) is 5.75 Å². The molecule has 126 valence electrons. The lowest BCUT2D eigenvalue weighted by atomic mass is 10.1. The largest absolute Gasteiger partial charge is 0.496 e. The van der Waals surface area contributed by atoms with Gasteiger partial charge >= 0.3 is 0 Å². The topological polar surface area (TPSA) is 53.0 Å². The fourth-order valence-electron chi connectivity index (χ4n) is 3.77. The lowest BCUT2D eigenvalue weighted by Gasteiger charge is -2.39. The number of nitrogens with zero attached hydrogens (tertiary/aromatic N) is 2. The van der Waals surface area contributed by atoms with Gasteiger partial charge in [-0.15, -0.1) is 0 Å². The fourth-order valence-corrected chi connectivity index (χ4v) is 3.77. The molecule has 0 spiro atoms. The van der Waals surface area contributed by atoms with E-state index < -0.39 is 0 Å². The van der Waals surface area contributed by atoms with E-state index in [4.69, 9.17) is 4.74 Å². The molecule has 1 amide bonds. The minimum absolute atomic E-state index is 0.154. The van der Waals surface area contributed by atoms with Crippen molar-refractivity contribution < 1.29 is 14.6 Å². The number of rotatable bonds is 4. The number of hydrogen-bond acceptors (Lipinski definition) is 4. The van der Waals surface area contributed by atoms with E-state index >= 15 is 0 Å². The number of carbonyl (C=O) groups excluding carboxylic acids is 1. The van der Waals surface area contributed by atoms with Crippen LogP contribution in [0.4, 0.5) is 0 Å². The van der Waals surface area contributed by atoms with Crippen molar-refractivity contribution in [1.29, 1.82) is 0 Å². The van der Waals surface area contributed by atoms with Crippen LogP contribution < -0.4 is 4.74 Å². The maximum absolute atomic E-state index is 12.5. The van der Waals surface area contributed by atoms with E-state index in [0.29, 0.717) is 12.5 Å². The first-order chi connectivity index (χ1) is 11.2. The molecule has 0 unspecified atom stereocenters. The van der Waals surface area contributed by atoms with Gasteiger partial charge in [0.25, 0.3) is 0 Å². The molecule has 1 aromatic carbocycles. The minimum atomic E-state index is -0.189. The van der Waals surface area contributed by atoms with Crippen molar-refractivity contribution in [1.82, 2.24) is 9.80 Å². The van der Waals surface area contributed by atoms with E-state index in [1.807, 2.05) is 29.2 Å². The van der Waals surface area contributed by atoms with Gasteiger partial charge < -0.3 is 14.7 Å². The van der Waals surface area contributed by atoms with Crippen LogP contribution in [0.5, 0.6) is 5.75 Å². The van der Waals surface area contributed by atoms with Crippen LogP contribution in [-0.2, 0) is 11.2 Å². The zero-order valence-corrected chi connectivity index (χ0v) is 13.8. The van der Waals surface area contributed by atoms with Crippen LogP contribution in [0.25, 0.3) is 0 Å². The van der Waals surface area contributed by atoms with Gasteiger partial charge in [0.05, 0.1) is 19.6 Å². The molecule has 5 nitrogen and oxygen atoms in total. The normalized spacial score (nSPS) is 25.6. The Morgan fingerprint density at radius 3 is 2.61 bits per heavy atom. The molecule has 23 heavy (non-hydrogen) atoms. The summed E-state index contributed by atoms with van der Waals surface area (Å²) in [5, 5.41) is 10.0. The van der Waals surface area contributed by atoms with Crippen LogP contribution in [0.15, 0.2) is 24.3 Å². The fraction of sp³-hybridized carbons (Fsp3) is 0.611. The SMILES string of the molecule is COc1ccccc1CC(=O)N1CCN([C@H]2CCC[C@H]2O)CC1. The molecule has 2 aliphatic rings. The Morgan fingerprint density at radius 1 is 1.22 bits per heavy atom. The van der Waals surface area contributed by atoms with E-state index in [2.05, 4.69) is 4.90 Å². The second-order valence-corrected chi connectivity index (χ2v) is 6.47. The van der Waals surface area contributed by atoms with E-state index in [1.165, 1.54) is 0 Å². The molecular formula is C18H26N2O3. The molecule has 5 heteroatoms. The van der Waals surface area contributed by atoms with Crippen LogP contribution in [-0.4, -0.2) is 66.2 Å². The molecule has 0 radical (unpaired) electrons. The van der Waals surface area contributed by atoms with Crippen LogP contribution in [0.3, 0.4) is 0 Å². The zero-order valence-electron chi connectivity index (χ0n) is 13.8. The molecule has 1 aliphatic heterocycles. The van der Waals surface area contributed by atoms with Crippen LogP contribution in [0.1, 0.15) is 24.8 Å². The van der Waals surface area contributed by atoms with Crippen molar-refractivity contribution in [3.05, 3.63) is 29.8 Å². The lowest BCUT2D eigenvalue weighted by Crippen LogP contribution is -2.53. The first-order valence-corrected chi connectivity index (χ1v) is 8.51. The molecule has 0 aromatic heterocycles. The molecule has 1 saturated carbocycles. The summed E-state index contributed by atoms with van der Waals surface area (Å²) in [6, 6.07) is 7.98. The third kappa shape index (κ3) is 3.67. The first kappa shape index (κ1) is 16.3. The number of amides is 1. The van der Waals surface area contributed by atoms with Gasteiger partial charge in [0.2, 0.25) is 5.91 Å². The first-order valence-electron chi connectivity index (χ1n) is 8.51. The Kier molecular flexibility index (Phi) is 5.18. The predicted octanol–water partition coefficient (Wildman–Crippen LogP) is 1.30. The summed E-state index contributed by atoms with van der Waals surface area (Å²) in [4.78, 5) is 16.8. The second-order valence-electron chi connectivity index (χ2n) is 6.47. The Morgan fingerprint density at radius 2 is 1.96 bits per heavy atom. The van der Waals surface area contributed by atoms with Crippen molar-refractivity contribution in [2.45, 2.75) is 37.8 Å². The average Bonchev–Trinajstić information content (AvgIpc) is 3.01.